The summed E-state index contributed by atoms with van der Waals surface area (Å²) >= 11 is 0. The molecule has 3 aromatic heterocycles. The van der Waals surface area contributed by atoms with Crippen molar-refractivity contribution in [2.24, 2.45) is 0 Å². The van der Waals surface area contributed by atoms with E-state index < -0.39 is 20.6 Å². The van der Waals surface area contributed by atoms with E-state index in [1.54, 1.807) is 0 Å². The molecule has 0 aliphatic rings. The molecule has 0 aliphatic carbocycles. The lowest BCUT2D eigenvalue weighted by atomic mass is 10.0. The molecule has 0 aliphatic heterocycles. The Balaban J connectivity index is 2.07. The van der Waals surface area contributed by atoms with Gasteiger partial charge in [-0.25, -0.2) is 4.98 Å². The minimum atomic E-state index is -2.47. The molecule has 0 fully saturated rings. The van der Waals surface area contributed by atoms with Gasteiger partial charge in [0, 0.05) is 40.6 Å². The van der Waals surface area contributed by atoms with Crippen LogP contribution in [-0.2, 0) is 0 Å². The van der Waals surface area contributed by atoms with E-state index in [1.807, 2.05) is 0 Å². The van der Waals surface area contributed by atoms with Gasteiger partial charge in [0.05, 0.1) is 5.69 Å². The molecule has 0 radical (unpaired) electrons. The Labute approximate surface area is 141 Å². The van der Waals surface area contributed by atoms with Crippen LogP contribution in [0.2, 0.25) is 0 Å². The molecule has 0 unspecified atom stereocenters. The van der Waals surface area contributed by atoms with Gasteiger partial charge in [-0.05, 0) is 62.0 Å². The molecule has 0 bridgehead atoms. The van der Waals surface area contributed by atoms with Crippen molar-refractivity contribution in [3.63, 3.8) is 0 Å². The van der Waals surface area contributed by atoms with E-state index >= 15 is 0 Å². The Kier molecular flexibility index (Phi) is 1.40. The van der Waals surface area contributed by atoms with Crippen molar-refractivity contribution in [3.05, 3.63) is 59.4 Å². The molecule has 0 N–H and O–H groups in total. The lowest BCUT2D eigenvalue weighted by Gasteiger charge is -2.04. The van der Waals surface area contributed by atoms with Gasteiger partial charge in [0.1, 0.15) is 5.58 Å². The molecule has 4 rings (SSSR count). The quantitative estimate of drug-likeness (QED) is 0.498. The average molecular weight is 297 g/mol. The van der Waals surface area contributed by atoms with Crippen LogP contribution in [0.4, 0.5) is 0 Å². The number of furan rings is 1. The Morgan fingerprint density at radius 2 is 2.05 bits per heavy atom. The number of benzene rings is 1. The van der Waals surface area contributed by atoms with E-state index in [4.69, 9.17) is 16.8 Å². The number of aromatic nitrogens is 2. The van der Waals surface area contributed by atoms with Crippen LogP contribution in [0.1, 0.15) is 29.2 Å². The maximum atomic E-state index is 7.89. The number of hydrogen-bond acceptors (Lipinski definition) is 3. The monoisotopic (exact) mass is 297 g/mol. The zero-order valence-electron chi connectivity index (χ0n) is 20.3. The molecule has 1 aromatic carbocycles. The number of nitrogens with zero attached hydrogens (tertiary/aromatic N) is 2. The molecule has 108 valence electrons. The molecular weight excluding hydrogens is 272 g/mol. The molecule has 3 nitrogen and oxygen atoms in total. The van der Waals surface area contributed by atoms with Crippen LogP contribution in [-0.4, -0.2) is 9.97 Å². The fourth-order valence-corrected chi connectivity index (χ4v) is 2.54. The van der Waals surface area contributed by atoms with Gasteiger partial charge in [-0.1, -0.05) is 6.07 Å². The predicted octanol–water partition coefficient (Wildman–Crippen LogP) is 4.97. The predicted molar refractivity (Wildman–Crippen MR) is 89.0 cm³/mol. The van der Waals surface area contributed by atoms with E-state index in [-0.39, 0.29) is 39.2 Å². The summed E-state index contributed by atoms with van der Waals surface area (Å²) in [6, 6.07) is 8.48. The third-order valence-electron chi connectivity index (χ3n) is 3.52. The zero-order valence-corrected chi connectivity index (χ0v) is 11.3. The Morgan fingerprint density at radius 3 is 2.91 bits per heavy atom. The van der Waals surface area contributed by atoms with Crippen molar-refractivity contribution < 1.29 is 16.8 Å². The summed E-state index contributed by atoms with van der Waals surface area (Å²) in [6.07, 6.45) is 1.36. The Bertz CT molecular complexity index is 1300. The van der Waals surface area contributed by atoms with Gasteiger partial charge in [0.25, 0.3) is 0 Å². The van der Waals surface area contributed by atoms with Gasteiger partial charge < -0.3 is 4.42 Å². The van der Waals surface area contributed by atoms with Crippen molar-refractivity contribution in [1.29, 1.82) is 0 Å². The number of pyridine rings is 2. The van der Waals surface area contributed by atoms with Gasteiger partial charge in [-0.15, -0.1) is 0 Å². The highest BCUT2D eigenvalue weighted by Crippen LogP contribution is 2.36. The van der Waals surface area contributed by atoms with Gasteiger partial charge >= 0.3 is 0 Å². The molecule has 3 heterocycles. The zero-order chi connectivity index (χ0) is 22.8. The van der Waals surface area contributed by atoms with Gasteiger partial charge in [0.15, 0.2) is 0 Å². The summed E-state index contributed by atoms with van der Waals surface area (Å²) in [7, 11) is 0. The highest BCUT2D eigenvalue weighted by molar-refractivity contribution is 6.10. The second-order valence-corrected chi connectivity index (χ2v) is 4.95. The largest absolute Gasteiger partial charge is 0.437 e. The number of fused-ring (bicyclic) bond motifs is 3. The lowest BCUT2D eigenvalue weighted by Crippen LogP contribution is -1.86. The summed E-state index contributed by atoms with van der Waals surface area (Å²) in [5.41, 5.74) is 0.694. The van der Waals surface area contributed by atoms with Crippen LogP contribution in [0, 0.1) is 20.6 Å². The smallest absolute Gasteiger partial charge is 0.227 e. The maximum absolute atomic E-state index is 7.89. The van der Waals surface area contributed by atoms with Crippen molar-refractivity contribution in [2.45, 2.75) is 20.6 Å². The van der Waals surface area contributed by atoms with E-state index in [0.29, 0.717) is 10.9 Å². The first-order chi connectivity index (χ1) is 14.3. The van der Waals surface area contributed by atoms with Crippen molar-refractivity contribution in [1.82, 2.24) is 9.97 Å². The average Bonchev–Trinajstić information content (AvgIpc) is 3.04. The normalized spacial score (nSPS) is 19.2. The molecule has 0 saturated carbocycles. The minimum absolute atomic E-state index is 0.0143. The highest BCUT2D eigenvalue weighted by Gasteiger charge is 2.15. The van der Waals surface area contributed by atoms with Gasteiger partial charge in [0.2, 0.25) is 5.71 Å². The third-order valence-corrected chi connectivity index (χ3v) is 3.52. The molecule has 0 spiro atoms. The van der Waals surface area contributed by atoms with E-state index in [2.05, 4.69) is 9.97 Å². The number of hydrogen-bond donors (Lipinski definition) is 0. The first-order valence-electron chi connectivity index (χ1n) is 11.1. The summed E-state index contributed by atoms with van der Waals surface area (Å²) < 4.78 is 75.1. The second-order valence-electron chi connectivity index (χ2n) is 4.95. The highest BCUT2D eigenvalue weighted by atomic mass is 16.3. The van der Waals surface area contributed by atoms with Crippen LogP contribution in [0.5, 0.6) is 0 Å². The van der Waals surface area contributed by atoms with Crippen molar-refractivity contribution in [2.75, 3.05) is 0 Å². The van der Waals surface area contributed by atoms with Crippen LogP contribution >= 0.6 is 0 Å². The topological polar surface area (TPSA) is 38.9 Å². The SMILES string of the molecule is [2H]C([2H])([2H])c1ccnc(-c2ccc(C([2H])([2H])[2H])c3c2oc2nc(C([2H])([2H])[2H])ccc23)c1. The molecule has 0 amide bonds. The van der Waals surface area contributed by atoms with Gasteiger partial charge in [-0.3, -0.25) is 4.98 Å². The molecule has 22 heavy (non-hydrogen) atoms. The van der Waals surface area contributed by atoms with Crippen LogP contribution in [0.25, 0.3) is 33.3 Å². The molecule has 0 saturated heterocycles. The number of aryl methyl sites for hydroxylation is 3. The van der Waals surface area contributed by atoms with Crippen LogP contribution in [0.3, 0.4) is 0 Å². The van der Waals surface area contributed by atoms with E-state index in [0.717, 1.165) is 0 Å². The molecular formula is C19H16N2O. The van der Waals surface area contributed by atoms with Crippen molar-refractivity contribution in [3.8, 4) is 11.3 Å². The first kappa shape index (κ1) is 6.61. The number of rotatable bonds is 1. The fourth-order valence-electron chi connectivity index (χ4n) is 2.54. The summed E-state index contributed by atoms with van der Waals surface area (Å²) in [4.78, 5) is 8.31. The van der Waals surface area contributed by atoms with Crippen LogP contribution < -0.4 is 0 Å². The van der Waals surface area contributed by atoms with E-state index in [1.165, 1.54) is 42.6 Å². The molecule has 4 aromatic rings. The summed E-state index contributed by atoms with van der Waals surface area (Å²) in [5.74, 6) is 0. The summed E-state index contributed by atoms with van der Waals surface area (Å²) in [6.45, 7) is -7.28. The third kappa shape index (κ3) is 1.90. The molecule has 3 heteroatoms. The maximum Gasteiger partial charge on any atom is 0.227 e. The fraction of sp³-hybridized carbons (Fsp3) is 0.158. The Hall–Kier alpha value is -2.68. The second kappa shape index (κ2) is 4.67. The lowest BCUT2D eigenvalue weighted by molar-refractivity contribution is 0.653. The minimum Gasteiger partial charge on any atom is -0.437 e. The summed E-state index contributed by atoms with van der Waals surface area (Å²) in [5, 5.41) is 0.612. The van der Waals surface area contributed by atoms with Crippen LogP contribution in [0.15, 0.2) is 47.0 Å². The van der Waals surface area contributed by atoms with Crippen molar-refractivity contribution >= 4 is 22.1 Å². The standard InChI is InChI=1S/C19H16N2O/c1-11-8-9-20-16(10-11)14-6-4-12(2)17-15-7-5-13(3)21-19(15)22-18(14)17/h4-10H,1-3H3/i1D3,2D3,3D3. The molecule has 0 atom stereocenters. The Morgan fingerprint density at radius 1 is 1.05 bits per heavy atom. The first-order valence-corrected chi connectivity index (χ1v) is 6.61. The van der Waals surface area contributed by atoms with E-state index in [9.17, 15) is 0 Å². The van der Waals surface area contributed by atoms with Gasteiger partial charge in [-0.2, -0.15) is 0 Å².